The van der Waals surface area contributed by atoms with E-state index >= 15 is 0 Å². The number of rotatable bonds is 6. The molecule has 32 heavy (non-hydrogen) atoms. The summed E-state index contributed by atoms with van der Waals surface area (Å²) in [6.45, 7) is 0. The molecule has 1 saturated heterocycles. The lowest BCUT2D eigenvalue weighted by Gasteiger charge is -2.23. The van der Waals surface area contributed by atoms with Crippen LogP contribution in [0.3, 0.4) is 0 Å². The van der Waals surface area contributed by atoms with Crippen LogP contribution in [0.25, 0.3) is 0 Å². The molecule has 2 amide bonds. The highest BCUT2D eigenvalue weighted by molar-refractivity contribution is 6.05. The first-order valence-electron chi connectivity index (χ1n) is 10.6. The van der Waals surface area contributed by atoms with Gasteiger partial charge >= 0.3 is 5.97 Å². The van der Waals surface area contributed by atoms with Crippen LogP contribution in [0.2, 0.25) is 0 Å². The third kappa shape index (κ3) is 3.36. The van der Waals surface area contributed by atoms with Crippen LogP contribution in [-0.2, 0) is 14.3 Å². The van der Waals surface area contributed by atoms with E-state index in [4.69, 9.17) is 14.2 Å². The zero-order valence-corrected chi connectivity index (χ0v) is 17.8. The molecule has 2 N–H and O–H groups in total. The maximum Gasteiger partial charge on any atom is 0.310 e. The van der Waals surface area contributed by atoms with E-state index in [1.807, 2.05) is 0 Å². The summed E-state index contributed by atoms with van der Waals surface area (Å²) in [6, 6.07) is 11.8. The summed E-state index contributed by atoms with van der Waals surface area (Å²) in [5.41, 5.74) is 1.54. The van der Waals surface area contributed by atoms with Gasteiger partial charge in [-0.3, -0.25) is 14.4 Å². The Hall–Kier alpha value is -3.55. The Labute approximate surface area is 185 Å². The molecule has 8 heteroatoms. The van der Waals surface area contributed by atoms with Gasteiger partial charge in [-0.1, -0.05) is 0 Å². The first-order chi connectivity index (χ1) is 15.5. The van der Waals surface area contributed by atoms with Crippen molar-refractivity contribution in [2.75, 3.05) is 24.9 Å². The van der Waals surface area contributed by atoms with Crippen molar-refractivity contribution in [3.05, 3.63) is 48.0 Å². The van der Waals surface area contributed by atoms with Crippen LogP contribution in [-0.4, -0.2) is 38.1 Å². The maximum absolute atomic E-state index is 12.9. The fraction of sp³-hybridized carbons (Fsp3) is 0.375. The van der Waals surface area contributed by atoms with Gasteiger partial charge in [-0.2, -0.15) is 0 Å². The molecule has 2 aliphatic carbocycles. The van der Waals surface area contributed by atoms with E-state index < -0.39 is 0 Å². The van der Waals surface area contributed by atoms with E-state index in [9.17, 15) is 14.4 Å². The Morgan fingerprint density at radius 2 is 1.78 bits per heavy atom. The van der Waals surface area contributed by atoms with E-state index in [1.165, 1.54) is 7.11 Å². The van der Waals surface area contributed by atoms with Gasteiger partial charge in [0.15, 0.2) is 0 Å². The molecule has 2 aromatic rings. The number of anilines is 2. The van der Waals surface area contributed by atoms with Crippen LogP contribution in [0.1, 0.15) is 23.2 Å². The molecule has 1 aliphatic heterocycles. The van der Waals surface area contributed by atoms with Gasteiger partial charge in [0.25, 0.3) is 5.91 Å². The van der Waals surface area contributed by atoms with Crippen molar-refractivity contribution in [1.82, 2.24) is 0 Å². The number of methoxy groups -OCH3 is 2. The molecule has 1 heterocycles. The second kappa shape index (κ2) is 7.85. The average molecular weight is 436 g/mol. The number of nitrogens with one attached hydrogen (secondary N) is 2. The number of hydrogen-bond donors (Lipinski definition) is 2. The Morgan fingerprint density at radius 1 is 1.00 bits per heavy atom. The Morgan fingerprint density at radius 3 is 2.50 bits per heavy atom. The highest BCUT2D eigenvalue weighted by Crippen LogP contribution is 2.57. The summed E-state index contributed by atoms with van der Waals surface area (Å²) in [5.74, 6) is 0.146. The Kier molecular flexibility index (Phi) is 5.00. The first-order valence-corrected chi connectivity index (χ1v) is 10.6. The van der Waals surface area contributed by atoms with Gasteiger partial charge in [0.1, 0.15) is 17.6 Å². The van der Waals surface area contributed by atoms with Crippen molar-refractivity contribution in [2.24, 2.45) is 23.7 Å². The Balaban J connectivity index is 1.24. The predicted octanol–water partition coefficient (Wildman–Crippen LogP) is 3.09. The fourth-order valence-electron chi connectivity index (χ4n) is 5.39. The number of carbonyl (C=O) groups excluding carboxylic acids is 3. The summed E-state index contributed by atoms with van der Waals surface area (Å²) in [7, 11) is 3.07. The normalized spacial score (nSPS) is 27.1. The smallest absolute Gasteiger partial charge is 0.310 e. The number of hydrogen-bond acceptors (Lipinski definition) is 6. The van der Waals surface area contributed by atoms with Crippen LogP contribution in [0.5, 0.6) is 11.5 Å². The molecule has 5 rings (SSSR count). The minimum absolute atomic E-state index is 0.00340. The predicted molar refractivity (Wildman–Crippen MR) is 116 cm³/mol. The zero-order chi connectivity index (χ0) is 22.4. The molecule has 0 unspecified atom stereocenters. The molecule has 2 aromatic carbocycles. The van der Waals surface area contributed by atoms with Crippen LogP contribution >= 0.6 is 0 Å². The minimum atomic E-state index is -0.336. The van der Waals surface area contributed by atoms with Crippen molar-refractivity contribution < 1.29 is 28.6 Å². The van der Waals surface area contributed by atoms with Crippen molar-refractivity contribution in [3.63, 3.8) is 0 Å². The topological polar surface area (TPSA) is 103 Å². The molecule has 5 atom stereocenters. The van der Waals surface area contributed by atoms with Crippen molar-refractivity contribution >= 4 is 29.2 Å². The molecular weight excluding hydrogens is 412 g/mol. The number of amides is 2. The molecule has 8 nitrogen and oxygen atoms in total. The molecule has 3 fully saturated rings. The summed E-state index contributed by atoms with van der Waals surface area (Å²) >= 11 is 0. The quantitative estimate of drug-likeness (QED) is 0.675. The molecule has 3 aliphatic rings. The molecule has 166 valence electrons. The monoisotopic (exact) mass is 436 g/mol. The van der Waals surface area contributed by atoms with Gasteiger partial charge in [0.05, 0.1) is 31.7 Å². The lowest BCUT2D eigenvalue weighted by molar-refractivity contribution is -0.145. The molecule has 0 spiro atoms. The molecule has 0 radical (unpaired) electrons. The fourth-order valence-corrected chi connectivity index (χ4v) is 5.39. The molecule has 0 aromatic heterocycles. The van der Waals surface area contributed by atoms with E-state index in [-0.39, 0.29) is 47.6 Å². The van der Waals surface area contributed by atoms with Gasteiger partial charge in [-0.25, -0.2) is 0 Å². The van der Waals surface area contributed by atoms with Crippen LogP contribution in [0, 0.1) is 23.7 Å². The molecular formula is C24H24N2O6. The Bertz CT molecular complexity index is 1080. The van der Waals surface area contributed by atoms with Crippen LogP contribution < -0.4 is 20.1 Å². The minimum Gasteiger partial charge on any atom is -0.497 e. The number of benzene rings is 2. The zero-order valence-electron chi connectivity index (χ0n) is 17.8. The molecule has 2 saturated carbocycles. The van der Waals surface area contributed by atoms with Gasteiger partial charge in [0, 0.05) is 23.2 Å². The highest BCUT2D eigenvalue weighted by atomic mass is 16.6. The van der Waals surface area contributed by atoms with Crippen LogP contribution in [0.4, 0.5) is 11.4 Å². The summed E-state index contributed by atoms with van der Waals surface area (Å²) in [5, 5.41) is 5.72. The number of esters is 1. The number of carbonyl (C=O) groups is 3. The number of fused-ring (bicyclic) bond motifs is 1. The van der Waals surface area contributed by atoms with Crippen molar-refractivity contribution in [1.29, 1.82) is 0 Å². The standard InChI is InChI=1S/C24H24N2O6/c1-30-15-7-8-17(19(11-15)31-2)26-22(27)12-3-5-14(6-4-12)25-23(28)20-13-9-16-18(10-13)32-24(29)21(16)20/h3-8,11,13,16,18,20-21H,9-10H2,1-2H3,(H,25,28)(H,26,27)/t13-,16+,18+,20-,21-/m1/s1. The van der Waals surface area contributed by atoms with Crippen molar-refractivity contribution in [3.8, 4) is 11.5 Å². The van der Waals surface area contributed by atoms with E-state index in [2.05, 4.69) is 10.6 Å². The highest BCUT2D eigenvalue weighted by Gasteiger charge is 2.63. The SMILES string of the molecule is COc1ccc(NC(=O)c2ccc(NC(=O)[C@@H]3[C@@H]4C[C@@H]5[C@H]3C(=O)O[C@H]5C4)cc2)c(OC)c1. The number of ether oxygens (including phenoxy) is 3. The van der Waals surface area contributed by atoms with Gasteiger partial charge in [0.2, 0.25) is 5.91 Å². The van der Waals surface area contributed by atoms with Crippen LogP contribution in [0.15, 0.2) is 42.5 Å². The third-order valence-corrected chi connectivity index (χ3v) is 6.86. The lowest BCUT2D eigenvalue weighted by atomic mass is 9.79. The largest absolute Gasteiger partial charge is 0.497 e. The van der Waals surface area contributed by atoms with Gasteiger partial charge in [-0.05, 0) is 55.2 Å². The van der Waals surface area contributed by atoms with Gasteiger partial charge in [-0.15, -0.1) is 0 Å². The summed E-state index contributed by atoms with van der Waals surface area (Å²) in [4.78, 5) is 37.7. The van der Waals surface area contributed by atoms with E-state index in [0.29, 0.717) is 28.4 Å². The van der Waals surface area contributed by atoms with Gasteiger partial charge < -0.3 is 24.8 Å². The molecule has 2 bridgehead atoms. The maximum atomic E-state index is 12.9. The van der Waals surface area contributed by atoms with E-state index in [0.717, 1.165) is 12.8 Å². The third-order valence-electron chi connectivity index (χ3n) is 6.86. The summed E-state index contributed by atoms with van der Waals surface area (Å²) in [6.07, 6.45) is 1.66. The first kappa shape index (κ1) is 20.4. The van der Waals surface area contributed by atoms with Crippen molar-refractivity contribution in [2.45, 2.75) is 18.9 Å². The average Bonchev–Trinajstić information content (AvgIpc) is 3.42. The second-order valence-electron chi connectivity index (χ2n) is 8.51. The summed E-state index contributed by atoms with van der Waals surface area (Å²) < 4.78 is 15.9. The van der Waals surface area contributed by atoms with E-state index in [1.54, 1.807) is 49.6 Å². The second-order valence-corrected chi connectivity index (χ2v) is 8.51. The lowest BCUT2D eigenvalue weighted by Crippen LogP contribution is -2.35.